The van der Waals surface area contributed by atoms with Crippen molar-refractivity contribution in [3.63, 3.8) is 0 Å². The summed E-state index contributed by atoms with van der Waals surface area (Å²) in [5.41, 5.74) is 0.456. The lowest BCUT2D eigenvalue weighted by Crippen LogP contribution is -2.30. The molecule has 0 bridgehead atoms. The Morgan fingerprint density at radius 1 is 1.43 bits per heavy atom. The molecule has 2 rings (SSSR count). The van der Waals surface area contributed by atoms with Gasteiger partial charge in [0.05, 0.1) is 9.83 Å². The summed E-state index contributed by atoms with van der Waals surface area (Å²) in [6.07, 6.45) is 1.63. The van der Waals surface area contributed by atoms with E-state index in [4.69, 9.17) is 12.2 Å². The molecule has 0 radical (unpaired) electrons. The van der Waals surface area contributed by atoms with Gasteiger partial charge in [0.2, 0.25) is 0 Å². The van der Waals surface area contributed by atoms with Gasteiger partial charge < -0.3 is 9.90 Å². The van der Waals surface area contributed by atoms with Crippen LogP contribution >= 0.6 is 24.0 Å². The lowest BCUT2D eigenvalue weighted by Gasteiger charge is -2.14. The Morgan fingerprint density at radius 3 is 2.83 bits per heavy atom. The number of carboxylic acid groups (broad SMARTS) is 1. The second-order valence-electron chi connectivity index (χ2n) is 4.66. The van der Waals surface area contributed by atoms with Crippen LogP contribution in [0.4, 0.5) is 5.69 Å². The number of carbonyl (C=O) groups excluding carboxylic acids is 2. The summed E-state index contributed by atoms with van der Waals surface area (Å²) >= 11 is 6.20. The van der Waals surface area contributed by atoms with E-state index in [1.807, 2.05) is 0 Å². The van der Waals surface area contributed by atoms with Crippen molar-refractivity contribution in [2.24, 2.45) is 0 Å². The van der Waals surface area contributed by atoms with Gasteiger partial charge in [0.15, 0.2) is 0 Å². The first kappa shape index (κ1) is 17.1. The molecule has 23 heavy (non-hydrogen) atoms. The number of amides is 1. The number of nitro groups is 1. The van der Waals surface area contributed by atoms with E-state index in [0.29, 0.717) is 14.8 Å². The number of benzene rings is 1. The van der Waals surface area contributed by atoms with Gasteiger partial charge in [-0.3, -0.25) is 19.8 Å². The maximum atomic E-state index is 12.3. The van der Waals surface area contributed by atoms with Crippen molar-refractivity contribution in [3.05, 3.63) is 44.8 Å². The predicted octanol–water partition coefficient (Wildman–Crippen LogP) is 1.33. The molecule has 1 aromatic carbocycles. The van der Waals surface area contributed by atoms with Crippen molar-refractivity contribution < 1.29 is 19.6 Å². The van der Waals surface area contributed by atoms with Crippen LogP contribution in [-0.4, -0.2) is 32.6 Å². The third kappa shape index (κ3) is 4.36. The SMILES string of the molecule is O=C([O-])CCCN1C(=O)/C(=C\c2cccc([N+](=O)[O-])c2)SC1=S. The summed E-state index contributed by atoms with van der Waals surface area (Å²) in [5.74, 6) is -1.51. The van der Waals surface area contributed by atoms with Gasteiger partial charge in [0.1, 0.15) is 4.32 Å². The van der Waals surface area contributed by atoms with Crippen molar-refractivity contribution in [1.29, 1.82) is 0 Å². The highest BCUT2D eigenvalue weighted by atomic mass is 32.2. The molecule has 120 valence electrons. The number of hydrogen-bond acceptors (Lipinski definition) is 7. The van der Waals surface area contributed by atoms with Gasteiger partial charge in [0, 0.05) is 24.6 Å². The summed E-state index contributed by atoms with van der Waals surface area (Å²) in [7, 11) is 0. The third-order valence-corrected chi connectivity index (χ3v) is 4.39. The van der Waals surface area contributed by atoms with Gasteiger partial charge in [-0.25, -0.2) is 0 Å². The minimum absolute atomic E-state index is 0.0665. The molecule has 0 aromatic heterocycles. The molecular formula is C14H11N2O5S2-. The smallest absolute Gasteiger partial charge is 0.270 e. The molecule has 1 heterocycles. The van der Waals surface area contributed by atoms with E-state index < -0.39 is 10.9 Å². The van der Waals surface area contributed by atoms with Crippen molar-refractivity contribution in [3.8, 4) is 0 Å². The number of carboxylic acids is 1. The Bertz CT molecular complexity index is 717. The molecule has 1 fully saturated rings. The zero-order valence-corrected chi connectivity index (χ0v) is 13.4. The second kappa shape index (κ2) is 7.34. The molecule has 1 amide bonds. The maximum Gasteiger partial charge on any atom is 0.270 e. The zero-order valence-electron chi connectivity index (χ0n) is 11.8. The Hall–Kier alpha value is -2.26. The van der Waals surface area contributed by atoms with E-state index in [2.05, 4.69) is 0 Å². The van der Waals surface area contributed by atoms with E-state index in [-0.39, 0.29) is 31.0 Å². The topological polar surface area (TPSA) is 104 Å². The van der Waals surface area contributed by atoms with E-state index in [1.165, 1.54) is 29.2 Å². The average Bonchev–Trinajstić information content (AvgIpc) is 2.74. The number of nitrogens with zero attached hydrogens (tertiary/aromatic N) is 2. The van der Waals surface area contributed by atoms with Crippen LogP contribution in [0.2, 0.25) is 0 Å². The fourth-order valence-electron chi connectivity index (χ4n) is 1.95. The lowest BCUT2D eigenvalue weighted by atomic mass is 10.2. The largest absolute Gasteiger partial charge is 0.550 e. The molecule has 0 saturated carbocycles. The van der Waals surface area contributed by atoms with Gasteiger partial charge in [0.25, 0.3) is 11.6 Å². The lowest BCUT2D eigenvalue weighted by molar-refractivity contribution is -0.384. The van der Waals surface area contributed by atoms with Crippen molar-refractivity contribution in [1.82, 2.24) is 4.90 Å². The Kier molecular flexibility index (Phi) is 5.45. The zero-order chi connectivity index (χ0) is 17.0. The first-order valence-corrected chi connectivity index (χ1v) is 7.80. The fourth-order valence-corrected chi connectivity index (χ4v) is 3.26. The van der Waals surface area contributed by atoms with E-state index in [9.17, 15) is 24.8 Å². The van der Waals surface area contributed by atoms with Gasteiger partial charge in [-0.15, -0.1) is 0 Å². The normalized spacial score (nSPS) is 16.2. The number of thioether (sulfide) groups is 1. The third-order valence-electron chi connectivity index (χ3n) is 3.02. The quantitative estimate of drug-likeness (QED) is 0.329. The van der Waals surface area contributed by atoms with E-state index >= 15 is 0 Å². The summed E-state index contributed by atoms with van der Waals surface area (Å²) < 4.78 is 0.338. The molecule has 1 aliphatic rings. The Balaban J connectivity index is 2.13. The van der Waals surface area contributed by atoms with Gasteiger partial charge >= 0.3 is 0 Å². The van der Waals surface area contributed by atoms with Gasteiger partial charge in [-0.05, 0) is 24.5 Å². The number of nitro benzene ring substituents is 1. The maximum absolute atomic E-state index is 12.3. The summed E-state index contributed by atoms with van der Waals surface area (Å²) in [6, 6.07) is 5.91. The Labute approximate surface area is 141 Å². The molecule has 1 saturated heterocycles. The number of thiocarbonyl (C=S) groups is 1. The van der Waals surface area contributed by atoms with Crippen LogP contribution in [0.25, 0.3) is 6.08 Å². The summed E-state index contributed by atoms with van der Waals surface area (Å²) in [5, 5.41) is 21.2. The molecule has 0 spiro atoms. The van der Waals surface area contributed by atoms with E-state index in [0.717, 1.165) is 11.8 Å². The molecule has 0 unspecified atom stereocenters. The highest BCUT2D eigenvalue weighted by Crippen LogP contribution is 2.33. The molecule has 9 heteroatoms. The summed E-state index contributed by atoms with van der Waals surface area (Å²) in [4.78, 5) is 34.6. The second-order valence-corrected chi connectivity index (χ2v) is 6.34. The standard InChI is InChI=1S/C14H12N2O5S2/c17-12(18)5-2-6-15-13(19)11(23-14(15)22)8-9-3-1-4-10(7-9)16(20)21/h1,3-4,7-8H,2,5-6H2,(H,17,18)/p-1/b11-8+. The van der Waals surface area contributed by atoms with Crippen molar-refractivity contribution >= 4 is 51.9 Å². The average molecular weight is 351 g/mol. The fraction of sp³-hybridized carbons (Fsp3) is 0.214. The van der Waals surface area contributed by atoms with Gasteiger partial charge in [-0.2, -0.15) is 0 Å². The predicted molar refractivity (Wildman–Crippen MR) is 87.2 cm³/mol. The molecule has 7 nitrogen and oxygen atoms in total. The van der Waals surface area contributed by atoms with Crippen LogP contribution in [-0.2, 0) is 9.59 Å². The number of rotatable bonds is 6. The minimum Gasteiger partial charge on any atom is -0.550 e. The monoisotopic (exact) mass is 351 g/mol. The number of non-ortho nitro benzene ring substituents is 1. The highest BCUT2D eigenvalue weighted by molar-refractivity contribution is 8.26. The first-order chi connectivity index (χ1) is 10.9. The van der Waals surface area contributed by atoms with Crippen molar-refractivity contribution in [2.75, 3.05) is 6.54 Å². The van der Waals surface area contributed by atoms with Gasteiger partial charge in [-0.1, -0.05) is 36.1 Å². The molecule has 0 atom stereocenters. The molecule has 0 aliphatic carbocycles. The van der Waals surface area contributed by atoms with Crippen LogP contribution in [0.5, 0.6) is 0 Å². The first-order valence-electron chi connectivity index (χ1n) is 6.58. The molecule has 0 N–H and O–H groups in total. The minimum atomic E-state index is -1.18. The number of hydrogen-bond donors (Lipinski definition) is 0. The molecule has 1 aliphatic heterocycles. The molecule has 1 aromatic rings. The number of carbonyl (C=O) groups is 2. The van der Waals surface area contributed by atoms with E-state index in [1.54, 1.807) is 6.07 Å². The number of aliphatic carboxylic acids is 1. The highest BCUT2D eigenvalue weighted by Gasteiger charge is 2.31. The van der Waals surface area contributed by atoms with Crippen LogP contribution in [0.1, 0.15) is 18.4 Å². The van der Waals surface area contributed by atoms with Crippen LogP contribution < -0.4 is 5.11 Å². The van der Waals surface area contributed by atoms with Crippen LogP contribution in [0, 0.1) is 10.1 Å². The van der Waals surface area contributed by atoms with Crippen LogP contribution in [0.3, 0.4) is 0 Å². The molecular weight excluding hydrogens is 340 g/mol. The Morgan fingerprint density at radius 2 is 2.17 bits per heavy atom. The van der Waals surface area contributed by atoms with Crippen molar-refractivity contribution in [2.45, 2.75) is 12.8 Å². The summed E-state index contributed by atoms with van der Waals surface area (Å²) in [6.45, 7) is 0.199. The van der Waals surface area contributed by atoms with Crippen LogP contribution in [0.15, 0.2) is 29.2 Å².